The maximum Gasteiger partial charge on any atom is 0.416 e. The first kappa shape index (κ1) is 37.4. The molecular weight excluding hydrogens is 733 g/mol. The van der Waals surface area contributed by atoms with Gasteiger partial charge in [0.2, 0.25) is 0 Å². The number of nitrogens with one attached hydrogen (secondary N) is 1. The Balaban J connectivity index is 1.32. The number of thioether (sulfide) groups is 1. The summed E-state index contributed by atoms with van der Waals surface area (Å²) in [7, 11) is 0. The number of benzene rings is 2. The Morgan fingerprint density at radius 3 is 2.24 bits per heavy atom. The molecule has 3 heterocycles. The predicted molar refractivity (Wildman–Crippen MR) is 179 cm³/mol. The van der Waals surface area contributed by atoms with E-state index in [0.29, 0.717) is 55.5 Å². The predicted octanol–water partition coefficient (Wildman–Crippen LogP) is 6.71. The van der Waals surface area contributed by atoms with E-state index in [9.17, 15) is 40.7 Å². The third kappa shape index (κ3) is 9.49. The molecule has 18 heteroatoms. The van der Waals surface area contributed by atoms with Crippen LogP contribution in [0.4, 0.5) is 32.0 Å². The highest BCUT2D eigenvalue weighted by Gasteiger charge is 2.38. The monoisotopic (exact) mass is 759 g/mol. The number of hydrogen-bond donors (Lipinski definition) is 2. The van der Waals surface area contributed by atoms with Gasteiger partial charge >= 0.3 is 18.3 Å². The van der Waals surface area contributed by atoms with E-state index < -0.39 is 47.4 Å². The lowest BCUT2D eigenvalue weighted by Gasteiger charge is -2.28. The number of hydrogen-bond acceptors (Lipinski definition) is 9. The maximum atomic E-state index is 13.5. The molecule has 2 fully saturated rings. The Hall–Kier alpha value is -3.81. The number of anilines is 1. The molecule has 5 rings (SSSR count). The summed E-state index contributed by atoms with van der Waals surface area (Å²) in [6.45, 7) is 2.80. The molecule has 2 aromatic carbocycles. The molecule has 0 spiro atoms. The number of nitrogens with zero attached hydrogens (tertiary/aromatic N) is 2. The van der Waals surface area contributed by atoms with Gasteiger partial charge in [0.1, 0.15) is 4.32 Å². The molecule has 50 heavy (non-hydrogen) atoms. The van der Waals surface area contributed by atoms with Crippen LogP contribution in [0.15, 0.2) is 58.8 Å². The normalized spacial score (nSPS) is 17.4. The fraction of sp³-hybridized carbons (Fsp3) is 0.312. The van der Waals surface area contributed by atoms with Crippen LogP contribution in [0.25, 0.3) is 17.2 Å². The quantitative estimate of drug-likeness (QED) is 0.125. The molecule has 0 bridgehead atoms. The summed E-state index contributed by atoms with van der Waals surface area (Å²) in [5.41, 5.74) is -2.78. The smallest absolute Gasteiger partial charge is 0.416 e. The topological polar surface area (TPSA) is 108 Å². The lowest BCUT2D eigenvalue weighted by Crippen LogP contribution is -2.45. The highest BCUT2D eigenvalue weighted by Crippen LogP contribution is 2.40. The summed E-state index contributed by atoms with van der Waals surface area (Å²) in [6.07, 6.45) is -9.79. The number of morpholine rings is 1. The second-order valence-electron chi connectivity index (χ2n) is 11.0. The maximum absolute atomic E-state index is 13.5. The lowest BCUT2D eigenvalue weighted by molar-refractivity contribution is -0.143. The van der Waals surface area contributed by atoms with Gasteiger partial charge in [-0.3, -0.25) is 19.4 Å². The molecule has 0 aliphatic carbocycles. The van der Waals surface area contributed by atoms with Crippen molar-refractivity contribution in [2.45, 2.75) is 18.5 Å². The van der Waals surface area contributed by atoms with Gasteiger partial charge < -0.3 is 19.9 Å². The minimum atomic E-state index is -5.01. The van der Waals surface area contributed by atoms with Crippen molar-refractivity contribution in [3.8, 4) is 11.1 Å². The number of thiophene rings is 1. The van der Waals surface area contributed by atoms with Crippen LogP contribution < -0.4 is 5.32 Å². The number of alkyl halides is 6. The molecule has 2 amide bonds. The number of ether oxygens (including phenoxy) is 2. The van der Waals surface area contributed by atoms with Crippen LogP contribution in [-0.2, 0) is 31.4 Å². The van der Waals surface area contributed by atoms with E-state index >= 15 is 0 Å². The van der Waals surface area contributed by atoms with E-state index in [1.807, 2.05) is 0 Å². The van der Waals surface area contributed by atoms with Crippen molar-refractivity contribution in [1.29, 1.82) is 0 Å². The number of carbonyl (C=O) groups excluding carboxylic acids is 2. The van der Waals surface area contributed by atoms with E-state index in [1.165, 1.54) is 46.7 Å². The fourth-order valence-electron chi connectivity index (χ4n) is 4.93. The number of carbonyl (C=O) groups is 3. The number of rotatable bonds is 11. The molecule has 9 nitrogen and oxygen atoms in total. The summed E-state index contributed by atoms with van der Waals surface area (Å²) in [5, 5.41) is 13.2. The van der Waals surface area contributed by atoms with Crippen LogP contribution in [0.3, 0.4) is 0 Å². The molecule has 1 aromatic heterocycles. The Morgan fingerprint density at radius 2 is 1.64 bits per heavy atom. The Labute approximate surface area is 294 Å². The molecule has 1 atom stereocenters. The van der Waals surface area contributed by atoms with Gasteiger partial charge in [-0.2, -0.15) is 26.3 Å². The van der Waals surface area contributed by atoms with Crippen LogP contribution in [0, 0.1) is 0 Å². The molecule has 266 valence electrons. The van der Waals surface area contributed by atoms with Crippen molar-refractivity contribution in [1.82, 2.24) is 9.80 Å². The molecule has 3 aromatic rings. The highest BCUT2D eigenvalue weighted by molar-refractivity contribution is 8.26. The van der Waals surface area contributed by atoms with Crippen molar-refractivity contribution in [3.05, 3.63) is 80.4 Å². The Bertz CT molecular complexity index is 1760. The molecule has 2 saturated heterocycles. The van der Waals surface area contributed by atoms with Gasteiger partial charge in [-0.1, -0.05) is 24.0 Å². The van der Waals surface area contributed by atoms with E-state index in [4.69, 9.17) is 26.8 Å². The van der Waals surface area contributed by atoms with Gasteiger partial charge in [-0.15, -0.1) is 11.3 Å². The van der Waals surface area contributed by atoms with Crippen LogP contribution in [0.5, 0.6) is 0 Å². The molecular formula is C32H27F6N3O6S3. The number of amides is 2. The third-order valence-corrected chi connectivity index (χ3v) is 9.82. The Kier molecular flexibility index (Phi) is 11.7. The van der Waals surface area contributed by atoms with Crippen molar-refractivity contribution in [2.75, 3.05) is 51.3 Å². The van der Waals surface area contributed by atoms with Crippen LogP contribution in [-0.4, -0.2) is 89.1 Å². The molecule has 1 unspecified atom stereocenters. The fourth-order valence-corrected chi connectivity index (χ4v) is 7.12. The molecule has 2 aliphatic heterocycles. The van der Waals surface area contributed by atoms with Crippen LogP contribution >= 0.6 is 35.3 Å². The Morgan fingerprint density at radius 1 is 1.00 bits per heavy atom. The number of carboxylic acid groups (broad SMARTS) is 1. The summed E-state index contributed by atoms with van der Waals surface area (Å²) < 4.78 is 91.8. The summed E-state index contributed by atoms with van der Waals surface area (Å²) in [5.74, 6) is -2.33. The number of carboxylic acids is 1. The van der Waals surface area contributed by atoms with Gasteiger partial charge in [0.15, 0.2) is 6.10 Å². The summed E-state index contributed by atoms with van der Waals surface area (Å²) in [4.78, 5) is 41.8. The average Bonchev–Trinajstić information content (AvgIpc) is 3.63. The molecule has 0 radical (unpaired) electrons. The number of thiocarbonyl (C=S) groups is 1. The molecule has 2 aliphatic rings. The van der Waals surface area contributed by atoms with Crippen molar-refractivity contribution in [2.24, 2.45) is 0 Å². The minimum absolute atomic E-state index is 0.0180. The zero-order chi connectivity index (χ0) is 36.2. The molecule has 2 N–H and O–H groups in total. The number of aromatic carboxylic acids is 1. The second kappa shape index (κ2) is 15.6. The third-order valence-electron chi connectivity index (χ3n) is 7.56. The zero-order valence-corrected chi connectivity index (χ0v) is 28.1. The van der Waals surface area contributed by atoms with Crippen molar-refractivity contribution in [3.63, 3.8) is 0 Å². The number of halogens is 6. The first-order valence-electron chi connectivity index (χ1n) is 14.8. The van der Waals surface area contributed by atoms with Gasteiger partial charge in [-0.25, -0.2) is 4.79 Å². The summed E-state index contributed by atoms with van der Waals surface area (Å²) in [6, 6.07) is 8.13. The average molecular weight is 760 g/mol. The second-order valence-corrected chi connectivity index (χ2v) is 13.6. The molecule has 0 saturated carbocycles. The SMILES string of the molecule is O=C(O)c1ccc(NC(=O)C(CN2C(=O)/C(=C/c3cc(-c4cc(C(F)(F)F)cc(C(F)(F)F)c4)cs3)SC2=S)OCCN2CCOCC2)cc1. The zero-order valence-electron chi connectivity index (χ0n) is 25.7. The van der Waals surface area contributed by atoms with E-state index in [1.54, 1.807) is 0 Å². The lowest BCUT2D eigenvalue weighted by atomic mass is 10.0. The van der Waals surface area contributed by atoms with Crippen LogP contribution in [0.1, 0.15) is 26.4 Å². The summed E-state index contributed by atoms with van der Waals surface area (Å²) >= 11 is 7.35. The van der Waals surface area contributed by atoms with E-state index in [2.05, 4.69) is 10.2 Å². The van der Waals surface area contributed by atoms with Crippen molar-refractivity contribution >= 4 is 69.2 Å². The van der Waals surface area contributed by atoms with Gasteiger partial charge in [0.05, 0.1) is 48.0 Å². The van der Waals surface area contributed by atoms with Gasteiger partial charge in [-0.05, 0) is 71.1 Å². The standard InChI is InChI=1S/C32H27F6N3O6S3/c33-31(34,35)21-11-19(12-22(14-21)32(36,37)38)20-13-24(49-17-20)15-26-28(43)41(30(48)50-26)16-25(47-10-7-40-5-8-46-9-6-40)27(42)39-23-3-1-18(2-4-23)29(44)45/h1-4,11-15,17,25H,5-10,16H2,(H,39,42)(H,44,45)/b26-15-. The van der Waals surface area contributed by atoms with Gasteiger partial charge in [0.25, 0.3) is 11.8 Å². The van der Waals surface area contributed by atoms with Gasteiger partial charge in [0, 0.05) is 30.2 Å². The largest absolute Gasteiger partial charge is 0.478 e. The minimum Gasteiger partial charge on any atom is -0.478 e. The van der Waals surface area contributed by atoms with Crippen molar-refractivity contribution < 1.29 is 55.3 Å². The first-order valence-corrected chi connectivity index (χ1v) is 16.9. The van der Waals surface area contributed by atoms with Crippen LogP contribution in [0.2, 0.25) is 0 Å². The first-order chi connectivity index (χ1) is 23.6. The van der Waals surface area contributed by atoms with E-state index in [-0.39, 0.29) is 45.1 Å². The highest BCUT2D eigenvalue weighted by atomic mass is 32.2. The van der Waals surface area contributed by atoms with E-state index in [0.717, 1.165) is 23.1 Å².